The number of aromatic nitrogens is 3. The van der Waals surface area contributed by atoms with Crippen molar-refractivity contribution in [3.63, 3.8) is 0 Å². The molecule has 1 spiro atoms. The molecule has 2 saturated heterocycles. The zero-order chi connectivity index (χ0) is 26.4. The number of aromatic amines is 1. The van der Waals surface area contributed by atoms with Crippen LogP contribution < -0.4 is 10.1 Å². The average molecular weight is 515 g/mol. The standard InChI is InChI=1S/C26H35FN6O4/c1-25(2,36)15-32-8-5-17(14-32)29-23(34)16-4-9-33(26(12-16)6-7-26)24(35)21-11-20(30-31-21)18-10-22(37-3)28-13-19(18)27/h10-11,13,16-17,36H,4-9,12,14-15H2,1-3H3,(H,29,34)(H,30,31). The minimum atomic E-state index is -0.759. The van der Waals surface area contributed by atoms with Crippen LogP contribution in [0.15, 0.2) is 18.3 Å². The number of carbonyl (C=O) groups excluding carboxylic acids is 2. The second-order valence-corrected chi connectivity index (χ2v) is 11.3. The van der Waals surface area contributed by atoms with Crippen LogP contribution in [0.1, 0.15) is 56.4 Å². The van der Waals surface area contributed by atoms with Gasteiger partial charge in [-0.25, -0.2) is 9.37 Å². The molecule has 2 atom stereocenters. The van der Waals surface area contributed by atoms with Gasteiger partial charge in [0.1, 0.15) is 5.69 Å². The number of nitrogens with zero attached hydrogens (tertiary/aromatic N) is 4. The van der Waals surface area contributed by atoms with Gasteiger partial charge in [0, 0.05) is 55.3 Å². The van der Waals surface area contributed by atoms with E-state index in [4.69, 9.17) is 4.74 Å². The molecule has 1 aliphatic carbocycles. The summed E-state index contributed by atoms with van der Waals surface area (Å²) in [5.41, 5.74) is -0.276. The SMILES string of the molecule is COc1cc(-c2cc(C(=O)N3CCC(C(=O)NC4CCN(CC(C)(C)O)C4)CC34CC4)[nH]n2)c(F)cn1. The number of ether oxygens (including phenoxy) is 1. The van der Waals surface area contributed by atoms with E-state index in [9.17, 15) is 19.1 Å². The van der Waals surface area contributed by atoms with Crippen LogP contribution in [0.2, 0.25) is 0 Å². The van der Waals surface area contributed by atoms with Crippen molar-refractivity contribution < 1.29 is 23.8 Å². The number of H-pyrrole nitrogens is 1. The molecule has 3 fully saturated rings. The van der Waals surface area contributed by atoms with E-state index in [1.165, 1.54) is 13.2 Å². The van der Waals surface area contributed by atoms with Crippen LogP contribution in [-0.2, 0) is 4.79 Å². The predicted octanol–water partition coefficient (Wildman–Crippen LogP) is 1.97. The molecule has 0 aromatic carbocycles. The fraction of sp³-hybridized carbons (Fsp3) is 0.615. The van der Waals surface area contributed by atoms with E-state index in [2.05, 4.69) is 25.4 Å². The third-order valence-electron chi connectivity index (χ3n) is 7.70. The molecule has 1 saturated carbocycles. The molecular weight excluding hydrogens is 479 g/mol. The third kappa shape index (κ3) is 5.47. The van der Waals surface area contributed by atoms with Crippen molar-refractivity contribution in [2.24, 2.45) is 5.92 Å². The number of methoxy groups -OCH3 is 1. The quantitative estimate of drug-likeness (QED) is 0.516. The summed E-state index contributed by atoms with van der Waals surface area (Å²) in [5.74, 6) is -0.561. The van der Waals surface area contributed by atoms with Gasteiger partial charge in [0.25, 0.3) is 5.91 Å². The highest BCUT2D eigenvalue weighted by Gasteiger charge is 2.54. The van der Waals surface area contributed by atoms with E-state index in [1.54, 1.807) is 19.9 Å². The monoisotopic (exact) mass is 514 g/mol. The number of nitrogens with one attached hydrogen (secondary N) is 2. The lowest BCUT2D eigenvalue weighted by atomic mass is 9.87. The summed E-state index contributed by atoms with van der Waals surface area (Å²) in [6.07, 6.45) is 4.90. The molecule has 11 heteroatoms. The summed E-state index contributed by atoms with van der Waals surface area (Å²) in [5, 5.41) is 20.2. The van der Waals surface area contributed by atoms with Crippen molar-refractivity contribution in [1.29, 1.82) is 0 Å². The minimum absolute atomic E-state index is 0.0550. The van der Waals surface area contributed by atoms with Crippen LogP contribution in [0.25, 0.3) is 11.3 Å². The van der Waals surface area contributed by atoms with E-state index in [0.29, 0.717) is 31.6 Å². The number of carbonyl (C=O) groups is 2. The number of rotatable bonds is 7. The number of pyridine rings is 1. The highest BCUT2D eigenvalue weighted by atomic mass is 19.1. The van der Waals surface area contributed by atoms with Crippen molar-refractivity contribution in [3.8, 4) is 17.1 Å². The minimum Gasteiger partial charge on any atom is -0.481 e. The number of amides is 2. The van der Waals surface area contributed by atoms with E-state index in [0.717, 1.165) is 38.5 Å². The van der Waals surface area contributed by atoms with Crippen molar-refractivity contribution in [2.45, 2.75) is 63.1 Å². The lowest BCUT2D eigenvalue weighted by Crippen LogP contribution is -2.52. The van der Waals surface area contributed by atoms with Gasteiger partial charge in [-0.15, -0.1) is 0 Å². The van der Waals surface area contributed by atoms with Gasteiger partial charge in [-0.2, -0.15) is 5.10 Å². The van der Waals surface area contributed by atoms with Crippen molar-refractivity contribution in [2.75, 3.05) is 33.3 Å². The Morgan fingerprint density at radius 2 is 2.08 bits per heavy atom. The van der Waals surface area contributed by atoms with Gasteiger partial charge in [-0.1, -0.05) is 0 Å². The summed E-state index contributed by atoms with van der Waals surface area (Å²) in [6.45, 7) is 6.25. The zero-order valence-electron chi connectivity index (χ0n) is 21.6. The number of likely N-dealkylation sites (tertiary alicyclic amines) is 2. The molecule has 5 rings (SSSR count). The smallest absolute Gasteiger partial charge is 0.272 e. The van der Waals surface area contributed by atoms with E-state index in [1.807, 2.05) is 4.90 Å². The Morgan fingerprint density at radius 3 is 2.78 bits per heavy atom. The van der Waals surface area contributed by atoms with Gasteiger partial charge in [-0.3, -0.25) is 19.6 Å². The molecule has 2 aromatic heterocycles. The summed E-state index contributed by atoms with van der Waals surface area (Å²) in [4.78, 5) is 34.4. The van der Waals surface area contributed by atoms with Crippen molar-refractivity contribution in [3.05, 3.63) is 29.8 Å². The first-order valence-electron chi connectivity index (χ1n) is 12.9. The first kappa shape index (κ1) is 25.6. The second kappa shape index (κ2) is 9.68. The van der Waals surface area contributed by atoms with Gasteiger partial charge in [0.15, 0.2) is 5.82 Å². The highest BCUT2D eigenvalue weighted by molar-refractivity contribution is 5.94. The van der Waals surface area contributed by atoms with Gasteiger partial charge in [-0.05, 0) is 52.0 Å². The van der Waals surface area contributed by atoms with Crippen LogP contribution in [0, 0.1) is 11.7 Å². The van der Waals surface area contributed by atoms with Crippen molar-refractivity contribution in [1.82, 2.24) is 30.3 Å². The lowest BCUT2D eigenvalue weighted by Gasteiger charge is -2.39. The predicted molar refractivity (Wildman–Crippen MR) is 133 cm³/mol. The Labute approximate surface area is 215 Å². The Hall–Kier alpha value is -3.05. The molecule has 200 valence electrons. The first-order chi connectivity index (χ1) is 17.6. The van der Waals surface area contributed by atoms with E-state index in [-0.39, 0.29) is 46.5 Å². The molecule has 37 heavy (non-hydrogen) atoms. The molecule has 2 aliphatic heterocycles. The molecule has 4 heterocycles. The number of hydrogen-bond acceptors (Lipinski definition) is 7. The van der Waals surface area contributed by atoms with Gasteiger partial charge >= 0.3 is 0 Å². The molecule has 2 unspecified atom stereocenters. The fourth-order valence-corrected chi connectivity index (χ4v) is 5.75. The van der Waals surface area contributed by atoms with E-state index < -0.39 is 11.4 Å². The topological polar surface area (TPSA) is 124 Å². The molecular formula is C26H35FN6O4. The average Bonchev–Trinajstić information content (AvgIpc) is 3.23. The maximum atomic E-state index is 14.3. The summed E-state index contributed by atoms with van der Waals surface area (Å²) in [6, 6.07) is 3.08. The molecule has 3 N–H and O–H groups in total. The number of hydrogen-bond donors (Lipinski definition) is 3. The van der Waals surface area contributed by atoms with Gasteiger partial charge in [0.05, 0.1) is 24.6 Å². The second-order valence-electron chi connectivity index (χ2n) is 11.3. The van der Waals surface area contributed by atoms with Gasteiger partial charge in [0.2, 0.25) is 11.8 Å². The number of aliphatic hydroxyl groups is 1. The first-order valence-corrected chi connectivity index (χ1v) is 12.9. The van der Waals surface area contributed by atoms with Gasteiger partial charge < -0.3 is 20.1 Å². The Balaban J connectivity index is 1.20. The summed E-state index contributed by atoms with van der Waals surface area (Å²) >= 11 is 0. The normalized spacial score (nSPS) is 23.3. The molecule has 0 radical (unpaired) electrons. The summed E-state index contributed by atoms with van der Waals surface area (Å²) < 4.78 is 19.4. The van der Waals surface area contributed by atoms with Crippen LogP contribution in [-0.4, -0.2) is 92.4 Å². The highest BCUT2D eigenvalue weighted by Crippen LogP contribution is 2.50. The molecule has 2 amide bonds. The Kier molecular flexibility index (Phi) is 6.70. The number of piperidine rings is 1. The molecule has 0 bridgehead atoms. The fourth-order valence-electron chi connectivity index (χ4n) is 5.75. The Morgan fingerprint density at radius 1 is 1.30 bits per heavy atom. The number of β-amino-alcohol motifs (C(OH)–C–C–N with tert-alkyl or cyclic N) is 1. The van der Waals surface area contributed by atoms with E-state index >= 15 is 0 Å². The van der Waals surface area contributed by atoms with Crippen molar-refractivity contribution >= 4 is 11.8 Å². The lowest BCUT2D eigenvalue weighted by molar-refractivity contribution is -0.127. The van der Waals surface area contributed by atoms with Crippen LogP contribution >= 0.6 is 0 Å². The molecule has 10 nitrogen and oxygen atoms in total. The largest absolute Gasteiger partial charge is 0.481 e. The third-order valence-corrected chi connectivity index (χ3v) is 7.70. The Bertz CT molecular complexity index is 1170. The zero-order valence-corrected chi connectivity index (χ0v) is 21.6. The summed E-state index contributed by atoms with van der Waals surface area (Å²) in [7, 11) is 1.45. The van der Waals surface area contributed by atoms with Crippen LogP contribution in [0.3, 0.4) is 0 Å². The maximum absolute atomic E-state index is 14.3. The van der Waals surface area contributed by atoms with Crippen LogP contribution in [0.5, 0.6) is 5.88 Å². The molecule has 2 aromatic rings. The maximum Gasteiger partial charge on any atom is 0.272 e. The molecule has 3 aliphatic rings. The number of halogens is 1. The van der Waals surface area contributed by atoms with Crippen LogP contribution in [0.4, 0.5) is 4.39 Å².